The van der Waals surface area contributed by atoms with Crippen molar-refractivity contribution in [3.8, 4) is 0 Å². The zero-order chi connectivity index (χ0) is 20.9. The molecule has 0 bridgehead atoms. The highest BCUT2D eigenvalue weighted by molar-refractivity contribution is 6.35. The summed E-state index contributed by atoms with van der Waals surface area (Å²) < 4.78 is 2.04. The maximum atomic E-state index is 12.8. The molecule has 152 valence electrons. The van der Waals surface area contributed by atoms with Gasteiger partial charge in [0.1, 0.15) is 5.65 Å². The number of pyridine rings is 1. The zero-order valence-corrected chi connectivity index (χ0v) is 17.8. The Kier molecular flexibility index (Phi) is 6.36. The summed E-state index contributed by atoms with van der Waals surface area (Å²) in [4.78, 5) is 17.3. The topological polar surface area (TPSA) is 46.4 Å². The number of nitrogens with zero attached hydrogens (tertiary/aromatic N) is 2. The molecule has 1 unspecified atom stereocenters. The Morgan fingerprint density at radius 3 is 2.63 bits per heavy atom. The molecule has 0 spiro atoms. The predicted molar refractivity (Wildman–Crippen MR) is 121 cm³/mol. The fourth-order valence-electron chi connectivity index (χ4n) is 3.61. The van der Waals surface area contributed by atoms with Crippen LogP contribution in [0.1, 0.15) is 29.2 Å². The number of halogens is 2. The highest BCUT2D eigenvalue weighted by atomic mass is 35.5. The van der Waals surface area contributed by atoms with Gasteiger partial charge in [-0.15, -0.1) is 0 Å². The van der Waals surface area contributed by atoms with Crippen molar-refractivity contribution < 1.29 is 4.79 Å². The van der Waals surface area contributed by atoms with E-state index >= 15 is 0 Å². The summed E-state index contributed by atoms with van der Waals surface area (Å²) in [5.41, 5.74) is 3.90. The van der Waals surface area contributed by atoms with Gasteiger partial charge in [0, 0.05) is 41.3 Å². The van der Waals surface area contributed by atoms with Gasteiger partial charge in [0.25, 0.3) is 0 Å². The van der Waals surface area contributed by atoms with Gasteiger partial charge in [-0.1, -0.05) is 65.7 Å². The van der Waals surface area contributed by atoms with Gasteiger partial charge >= 0.3 is 0 Å². The second kappa shape index (κ2) is 9.33. The summed E-state index contributed by atoms with van der Waals surface area (Å²) in [7, 11) is 0. The molecule has 4 aromatic rings. The van der Waals surface area contributed by atoms with Crippen molar-refractivity contribution in [2.24, 2.45) is 0 Å². The molecule has 30 heavy (non-hydrogen) atoms. The maximum absolute atomic E-state index is 12.8. The van der Waals surface area contributed by atoms with E-state index in [2.05, 4.69) is 10.3 Å². The van der Waals surface area contributed by atoms with Crippen molar-refractivity contribution in [3.05, 3.63) is 106 Å². The molecule has 0 aliphatic rings. The van der Waals surface area contributed by atoms with Crippen LogP contribution in [-0.2, 0) is 11.2 Å². The molecule has 4 rings (SSSR count). The molecule has 1 amide bonds. The molecule has 0 aliphatic heterocycles. The molecule has 2 heterocycles. The first-order valence-electron chi connectivity index (χ1n) is 9.79. The van der Waals surface area contributed by atoms with E-state index in [1.807, 2.05) is 71.4 Å². The van der Waals surface area contributed by atoms with Crippen LogP contribution in [0, 0.1) is 0 Å². The average Bonchev–Trinajstić information content (AvgIpc) is 3.18. The lowest BCUT2D eigenvalue weighted by molar-refractivity contribution is -0.121. The Hall–Kier alpha value is -2.82. The van der Waals surface area contributed by atoms with Crippen molar-refractivity contribution in [1.82, 2.24) is 14.7 Å². The predicted octanol–water partition coefficient (Wildman–Crippen LogP) is 5.52. The minimum atomic E-state index is -0.0947. The monoisotopic (exact) mass is 437 g/mol. The Bertz CT molecular complexity index is 1160. The third-order valence-corrected chi connectivity index (χ3v) is 5.71. The second-order valence-corrected chi connectivity index (χ2v) is 7.96. The Morgan fingerprint density at radius 1 is 1.03 bits per heavy atom. The number of hydrogen-bond donors (Lipinski definition) is 1. The van der Waals surface area contributed by atoms with E-state index < -0.39 is 0 Å². The lowest BCUT2D eigenvalue weighted by Crippen LogP contribution is -2.27. The smallest absolute Gasteiger partial charge is 0.221 e. The maximum Gasteiger partial charge on any atom is 0.221 e. The summed E-state index contributed by atoms with van der Waals surface area (Å²) in [6.07, 6.45) is 4.82. The summed E-state index contributed by atoms with van der Waals surface area (Å²) in [6.45, 7) is 0.509. The standard InChI is InChI=1S/C24H21Cl2N3O/c25-19-10-9-18(21(26)14-19)11-12-27-24(30)15-20(17-6-2-1-3-7-17)22-16-28-23-8-4-5-13-29(22)23/h1-10,13-14,16,20H,11-12,15H2,(H,27,30). The van der Waals surface area contributed by atoms with Crippen molar-refractivity contribution in [2.75, 3.05) is 6.54 Å². The first kappa shape index (κ1) is 20.5. The summed E-state index contributed by atoms with van der Waals surface area (Å²) >= 11 is 12.2. The highest BCUT2D eigenvalue weighted by Gasteiger charge is 2.21. The van der Waals surface area contributed by atoms with Crippen molar-refractivity contribution >= 4 is 34.8 Å². The number of aromatic nitrogens is 2. The second-order valence-electron chi connectivity index (χ2n) is 7.11. The molecule has 0 fully saturated rings. The van der Waals surface area contributed by atoms with Crippen LogP contribution in [0.3, 0.4) is 0 Å². The molecule has 0 saturated heterocycles. The van der Waals surface area contributed by atoms with Gasteiger partial charge in [-0.05, 0) is 41.8 Å². The molecule has 1 atom stereocenters. The summed E-state index contributed by atoms with van der Waals surface area (Å²) in [5.74, 6) is -0.109. The van der Waals surface area contributed by atoms with E-state index in [-0.39, 0.29) is 11.8 Å². The van der Waals surface area contributed by atoms with E-state index in [0.29, 0.717) is 29.4 Å². The number of amides is 1. The van der Waals surface area contributed by atoms with Crippen LogP contribution >= 0.6 is 23.2 Å². The van der Waals surface area contributed by atoms with Gasteiger partial charge in [0.05, 0.1) is 5.69 Å². The van der Waals surface area contributed by atoms with Crippen LogP contribution in [-0.4, -0.2) is 21.8 Å². The van der Waals surface area contributed by atoms with Gasteiger partial charge in [0.2, 0.25) is 5.91 Å². The van der Waals surface area contributed by atoms with E-state index in [4.69, 9.17) is 23.2 Å². The molecule has 2 aromatic heterocycles. The van der Waals surface area contributed by atoms with Gasteiger partial charge in [-0.2, -0.15) is 0 Å². The van der Waals surface area contributed by atoms with E-state index in [0.717, 1.165) is 22.5 Å². The first-order chi connectivity index (χ1) is 14.6. The Morgan fingerprint density at radius 2 is 1.83 bits per heavy atom. The Labute approximate surface area is 185 Å². The molecular formula is C24H21Cl2N3O. The third kappa shape index (κ3) is 4.66. The van der Waals surface area contributed by atoms with Crippen LogP contribution in [0.4, 0.5) is 0 Å². The molecule has 1 N–H and O–H groups in total. The van der Waals surface area contributed by atoms with Crippen molar-refractivity contribution in [1.29, 1.82) is 0 Å². The van der Waals surface area contributed by atoms with Gasteiger partial charge in [-0.3, -0.25) is 4.79 Å². The minimum absolute atomic E-state index is 0.0141. The van der Waals surface area contributed by atoms with Crippen LogP contribution in [0.15, 0.2) is 79.1 Å². The molecule has 2 aromatic carbocycles. The minimum Gasteiger partial charge on any atom is -0.356 e. The molecule has 6 heteroatoms. The molecular weight excluding hydrogens is 417 g/mol. The van der Waals surface area contributed by atoms with Crippen LogP contribution in [0.5, 0.6) is 0 Å². The Balaban J connectivity index is 1.49. The number of nitrogens with one attached hydrogen (secondary N) is 1. The van der Waals surface area contributed by atoms with Crippen molar-refractivity contribution in [3.63, 3.8) is 0 Å². The quantitative estimate of drug-likeness (QED) is 0.413. The number of hydrogen-bond acceptors (Lipinski definition) is 2. The van der Waals surface area contributed by atoms with E-state index in [1.165, 1.54) is 0 Å². The number of carbonyl (C=O) groups is 1. The van der Waals surface area contributed by atoms with E-state index in [9.17, 15) is 4.79 Å². The molecule has 0 aliphatic carbocycles. The fraction of sp³-hybridized carbons (Fsp3) is 0.167. The van der Waals surface area contributed by atoms with Crippen LogP contribution in [0.2, 0.25) is 10.0 Å². The lowest BCUT2D eigenvalue weighted by atomic mass is 9.92. The number of benzene rings is 2. The summed E-state index contributed by atoms with van der Waals surface area (Å²) in [5, 5.41) is 4.24. The fourth-order valence-corrected chi connectivity index (χ4v) is 4.11. The van der Waals surface area contributed by atoms with Crippen molar-refractivity contribution in [2.45, 2.75) is 18.8 Å². The molecule has 0 radical (unpaired) electrons. The van der Waals surface area contributed by atoms with Crippen LogP contribution in [0.25, 0.3) is 5.65 Å². The average molecular weight is 438 g/mol. The first-order valence-corrected chi connectivity index (χ1v) is 10.5. The molecule has 0 saturated carbocycles. The number of imidazole rings is 1. The lowest BCUT2D eigenvalue weighted by Gasteiger charge is -2.17. The molecule has 4 nitrogen and oxygen atoms in total. The number of rotatable bonds is 7. The normalized spacial score (nSPS) is 12.1. The number of fused-ring (bicyclic) bond motifs is 1. The third-order valence-electron chi connectivity index (χ3n) is 5.13. The van der Waals surface area contributed by atoms with Gasteiger partial charge in [0.15, 0.2) is 0 Å². The van der Waals surface area contributed by atoms with E-state index in [1.54, 1.807) is 12.1 Å². The van der Waals surface area contributed by atoms with Gasteiger partial charge < -0.3 is 9.72 Å². The number of carbonyl (C=O) groups excluding carboxylic acids is 1. The van der Waals surface area contributed by atoms with Gasteiger partial charge in [-0.25, -0.2) is 4.98 Å². The zero-order valence-electron chi connectivity index (χ0n) is 16.3. The highest BCUT2D eigenvalue weighted by Crippen LogP contribution is 2.28. The largest absolute Gasteiger partial charge is 0.356 e. The summed E-state index contributed by atoms with van der Waals surface area (Å²) in [6, 6.07) is 21.4. The SMILES string of the molecule is O=C(CC(c1ccccc1)c1cnc2ccccn12)NCCc1ccc(Cl)cc1Cl. The van der Waals surface area contributed by atoms with Crippen LogP contribution < -0.4 is 5.32 Å².